The maximum atomic E-state index is 6.44. The smallest absolute Gasteiger partial charge is 0.126 e. The maximum absolute atomic E-state index is 6.44. The molecule has 1 atom stereocenters. The predicted octanol–water partition coefficient (Wildman–Crippen LogP) is 4.55. The van der Waals surface area contributed by atoms with Crippen molar-refractivity contribution in [2.24, 2.45) is 5.73 Å². The van der Waals surface area contributed by atoms with Gasteiger partial charge in [-0.1, -0.05) is 54.1 Å². The topological polar surface area (TPSA) is 35.2 Å². The van der Waals surface area contributed by atoms with E-state index in [-0.39, 0.29) is 6.04 Å². The van der Waals surface area contributed by atoms with Crippen LogP contribution in [0.1, 0.15) is 17.2 Å². The van der Waals surface area contributed by atoms with Gasteiger partial charge in [0.15, 0.2) is 0 Å². The molecule has 0 heterocycles. The van der Waals surface area contributed by atoms with Gasteiger partial charge < -0.3 is 10.5 Å². The fraction of sp³-hybridized carbons (Fsp3) is 0.111. The summed E-state index contributed by atoms with van der Waals surface area (Å²) in [6.07, 6.45) is 0. The van der Waals surface area contributed by atoms with Crippen molar-refractivity contribution < 1.29 is 4.74 Å². The predicted molar refractivity (Wildman–Crippen MR) is 88.0 cm³/mol. The van der Waals surface area contributed by atoms with Crippen LogP contribution < -0.4 is 10.5 Å². The number of hydrogen-bond donors (Lipinski definition) is 1. The van der Waals surface area contributed by atoms with Gasteiger partial charge in [-0.3, -0.25) is 0 Å². The minimum atomic E-state index is -0.223. The molecular formula is C18H16ClNO. The van der Waals surface area contributed by atoms with Crippen molar-refractivity contribution >= 4 is 22.4 Å². The van der Waals surface area contributed by atoms with E-state index in [9.17, 15) is 0 Å². The fourth-order valence-corrected chi connectivity index (χ4v) is 2.82. The highest BCUT2D eigenvalue weighted by Gasteiger charge is 2.14. The number of ether oxygens (including phenoxy) is 1. The van der Waals surface area contributed by atoms with Crippen LogP contribution in [-0.2, 0) is 0 Å². The highest BCUT2D eigenvalue weighted by atomic mass is 35.5. The fourth-order valence-electron chi connectivity index (χ4n) is 2.62. The van der Waals surface area contributed by atoms with Gasteiger partial charge >= 0.3 is 0 Å². The van der Waals surface area contributed by atoms with Gasteiger partial charge in [0.1, 0.15) is 5.75 Å². The Hall–Kier alpha value is -2.03. The van der Waals surface area contributed by atoms with Crippen LogP contribution in [0.25, 0.3) is 10.8 Å². The average molecular weight is 298 g/mol. The second-order valence-electron chi connectivity index (χ2n) is 4.94. The molecule has 1 unspecified atom stereocenters. The molecule has 0 radical (unpaired) electrons. The van der Waals surface area contributed by atoms with E-state index in [1.165, 1.54) is 0 Å². The number of nitrogens with two attached hydrogens (primary N) is 1. The van der Waals surface area contributed by atoms with Crippen molar-refractivity contribution in [1.29, 1.82) is 0 Å². The summed E-state index contributed by atoms with van der Waals surface area (Å²) in [7, 11) is 1.68. The highest BCUT2D eigenvalue weighted by Crippen LogP contribution is 2.33. The lowest BCUT2D eigenvalue weighted by Crippen LogP contribution is -2.12. The highest BCUT2D eigenvalue weighted by molar-refractivity contribution is 6.30. The molecule has 3 rings (SSSR count). The first-order valence-electron chi connectivity index (χ1n) is 6.77. The van der Waals surface area contributed by atoms with Crippen LogP contribution >= 0.6 is 11.6 Å². The van der Waals surface area contributed by atoms with Gasteiger partial charge in [0.05, 0.1) is 13.2 Å². The summed E-state index contributed by atoms with van der Waals surface area (Å²) in [4.78, 5) is 0. The lowest BCUT2D eigenvalue weighted by molar-refractivity contribution is 0.419. The number of methoxy groups -OCH3 is 1. The van der Waals surface area contributed by atoms with Crippen LogP contribution in [0.3, 0.4) is 0 Å². The first-order chi connectivity index (χ1) is 10.2. The molecule has 2 nitrogen and oxygen atoms in total. The van der Waals surface area contributed by atoms with E-state index >= 15 is 0 Å². The normalized spacial score (nSPS) is 12.3. The van der Waals surface area contributed by atoms with Crippen LogP contribution in [0.5, 0.6) is 5.75 Å². The van der Waals surface area contributed by atoms with E-state index in [1.807, 2.05) is 54.6 Å². The zero-order chi connectivity index (χ0) is 14.8. The van der Waals surface area contributed by atoms with Gasteiger partial charge in [0.25, 0.3) is 0 Å². The second-order valence-corrected chi connectivity index (χ2v) is 5.37. The molecule has 0 bridgehead atoms. The Labute approximate surface area is 129 Å². The molecule has 21 heavy (non-hydrogen) atoms. The van der Waals surface area contributed by atoms with Crippen molar-refractivity contribution in [3.05, 3.63) is 76.8 Å². The molecule has 0 aliphatic rings. The third kappa shape index (κ3) is 2.60. The summed E-state index contributed by atoms with van der Waals surface area (Å²) in [6, 6.07) is 19.6. The van der Waals surface area contributed by atoms with E-state index in [4.69, 9.17) is 22.1 Å². The molecular weight excluding hydrogens is 282 g/mol. The minimum Gasteiger partial charge on any atom is -0.496 e. The Morgan fingerprint density at radius 1 is 0.952 bits per heavy atom. The summed E-state index contributed by atoms with van der Waals surface area (Å²) in [5.74, 6) is 0.854. The molecule has 2 N–H and O–H groups in total. The molecule has 3 aromatic carbocycles. The summed E-state index contributed by atoms with van der Waals surface area (Å²) < 4.78 is 5.43. The molecule has 106 valence electrons. The standard InChI is InChI=1S/C18H16ClNO/c1-21-17-10-9-16(14-7-2-3-8-15(14)17)18(20)12-5-4-6-13(19)11-12/h2-11,18H,20H2,1H3. The first-order valence-corrected chi connectivity index (χ1v) is 7.15. The number of hydrogen-bond acceptors (Lipinski definition) is 2. The van der Waals surface area contributed by atoms with E-state index in [0.717, 1.165) is 27.6 Å². The zero-order valence-corrected chi connectivity index (χ0v) is 12.5. The molecule has 0 amide bonds. The molecule has 0 fully saturated rings. The van der Waals surface area contributed by atoms with E-state index in [0.29, 0.717) is 5.02 Å². The molecule has 0 saturated heterocycles. The number of rotatable bonds is 3. The lowest BCUT2D eigenvalue weighted by atomic mass is 9.94. The van der Waals surface area contributed by atoms with Gasteiger partial charge in [-0.2, -0.15) is 0 Å². The van der Waals surface area contributed by atoms with Crippen molar-refractivity contribution in [3.8, 4) is 5.75 Å². The SMILES string of the molecule is COc1ccc(C(N)c2cccc(Cl)c2)c2ccccc12. The van der Waals surface area contributed by atoms with Crippen molar-refractivity contribution in [2.75, 3.05) is 7.11 Å². The van der Waals surface area contributed by atoms with Crippen molar-refractivity contribution in [3.63, 3.8) is 0 Å². The average Bonchev–Trinajstić information content (AvgIpc) is 2.53. The van der Waals surface area contributed by atoms with Crippen LogP contribution in [-0.4, -0.2) is 7.11 Å². The van der Waals surface area contributed by atoms with Gasteiger partial charge in [0, 0.05) is 10.4 Å². The third-order valence-corrected chi connectivity index (χ3v) is 3.92. The third-order valence-electron chi connectivity index (χ3n) is 3.68. The number of halogens is 1. The van der Waals surface area contributed by atoms with E-state index < -0.39 is 0 Å². The molecule has 0 aliphatic heterocycles. The molecule has 0 aromatic heterocycles. The number of benzene rings is 3. The van der Waals surface area contributed by atoms with Crippen molar-refractivity contribution in [2.45, 2.75) is 6.04 Å². The number of fused-ring (bicyclic) bond motifs is 1. The Balaban J connectivity index is 2.17. The minimum absolute atomic E-state index is 0.223. The van der Waals surface area contributed by atoms with Crippen LogP contribution in [0.4, 0.5) is 0 Å². The van der Waals surface area contributed by atoms with Crippen LogP contribution in [0.2, 0.25) is 5.02 Å². The van der Waals surface area contributed by atoms with Gasteiger partial charge in [-0.05, 0) is 34.7 Å². The summed E-state index contributed by atoms with van der Waals surface area (Å²) in [5, 5.41) is 2.86. The van der Waals surface area contributed by atoms with E-state index in [2.05, 4.69) is 6.07 Å². The Kier molecular flexibility index (Phi) is 3.82. The Morgan fingerprint density at radius 2 is 1.71 bits per heavy atom. The van der Waals surface area contributed by atoms with Gasteiger partial charge in [0.2, 0.25) is 0 Å². The largest absolute Gasteiger partial charge is 0.496 e. The Morgan fingerprint density at radius 3 is 2.43 bits per heavy atom. The monoisotopic (exact) mass is 297 g/mol. The zero-order valence-electron chi connectivity index (χ0n) is 11.7. The van der Waals surface area contributed by atoms with E-state index in [1.54, 1.807) is 7.11 Å². The molecule has 0 aliphatic carbocycles. The lowest BCUT2D eigenvalue weighted by Gasteiger charge is -2.17. The van der Waals surface area contributed by atoms with Gasteiger partial charge in [-0.25, -0.2) is 0 Å². The molecule has 0 spiro atoms. The quantitative estimate of drug-likeness (QED) is 0.770. The molecule has 0 saturated carbocycles. The molecule has 3 heteroatoms. The molecule has 3 aromatic rings. The first kappa shape index (κ1) is 13.9. The maximum Gasteiger partial charge on any atom is 0.126 e. The van der Waals surface area contributed by atoms with Crippen molar-refractivity contribution in [1.82, 2.24) is 0 Å². The second kappa shape index (κ2) is 5.76. The van der Waals surface area contributed by atoms with Gasteiger partial charge in [-0.15, -0.1) is 0 Å². The summed E-state index contributed by atoms with van der Waals surface area (Å²) in [6.45, 7) is 0. The summed E-state index contributed by atoms with van der Waals surface area (Å²) >= 11 is 6.07. The Bertz CT molecular complexity index is 785. The summed E-state index contributed by atoms with van der Waals surface area (Å²) in [5.41, 5.74) is 8.50. The van der Waals surface area contributed by atoms with Crippen LogP contribution in [0.15, 0.2) is 60.7 Å². The van der Waals surface area contributed by atoms with Crippen LogP contribution in [0, 0.1) is 0 Å².